The zero-order chi connectivity index (χ0) is 36.1. The number of ketones is 1. The summed E-state index contributed by atoms with van der Waals surface area (Å²) in [5, 5.41) is 5.12. The molecule has 3 aliphatic heterocycles. The molecule has 8 rings (SSSR count). The van der Waals surface area contributed by atoms with Gasteiger partial charge in [0.05, 0.1) is 25.2 Å². The first kappa shape index (κ1) is 34.6. The molecule has 0 saturated carbocycles. The van der Waals surface area contributed by atoms with Crippen molar-refractivity contribution >= 4 is 44.7 Å². The van der Waals surface area contributed by atoms with E-state index in [9.17, 15) is 19.2 Å². The molecule has 2 amide bonds. The van der Waals surface area contributed by atoms with Gasteiger partial charge in [-0.15, -0.1) is 11.3 Å². The van der Waals surface area contributed by atoms with E-state index in [4.69, 9.17) is 9.47 Å². The van der Waals surface area contributed by atoms with E-state index in [1.165, 1.54) is 5.69 Å². The number of fused-ring (bicyclic) bond motifs is 2. The van der Waals surface area contributed by atoms with Crippen LogP contribution in [0.25, 0.3) is 21.2 Å². The molecule has 1 spiro atoms. The number of aromatic nitrogens is 1. The number of imide groups is 1. The number of nitrogens with zero attached hydrogens (tertiary/aromatic N) is 3. The fourth-order valence-corrected chi connectivity index (χ4v) is 9.88. The Morgan fingerprint density at radius 1 is 0.885 bits per heavy atom. The number of benzene rings is 2. The number of Topliss-reactive ketones (excluding diaryl/α,β-unsaturated/α-hetero) is 1. The number of hydrogen-bond donors (Lipinski definition) is 1. The van der Waals surface area contributed by atoms with Crippen molar-refractivity contribution in [3.05, 3.63) is 75.0 Å². The van der Waals surface area contributed by atoms with Crippen molar-refractivity contribution in [1.29, 1.82) is 0 Å². The predicted octanol–water partition coefficient (Wildman–Crippen LogP) is 5.96. The first-order valence-corrected chi connectivity index (χ1v) is 19.3. The Morgan fingerprint density at radius 2 is 1.60 bits per heavy atom. The Hall–Kier alpha value is -4.48. The van der Waals surface area contributed by atoms with Gasteiger partial charge < -0.3 is 18.9 Å². The number of methoxy groups -OCH3 is 2. The monoisotopic (exact) mass is 722 g/mol. The molecule has 2 aromatic heterocycles. The summed E-state index contributed by atoms with van der Waals surface area (Å²) in [6.45, 7) is 4.79. The van der Waals surface area contributed by atoms with Crippen LogP contribution in [0.5, 0.6) is 11.5 Å². The lowest BCUT2D eigenvalue weighted by Gasteiger charge is -2.55. The second kappa shape index (κ2) is 13.8. The SMILES string of the molecule is COc1cc(-c2cn(C)c(=O)c3ccsc23)cc(OC)c1CN1CCC2(CC1)CN(c1ccc3c(c1)CCC(CCC1CCC(=O)NC1=O)C3=O)C2. The van der Waals surface area contributed by atoms with Crippen LogP contribution in [-0.4, -0.2) is 67.5 Å². The Morgan fingerprint density at radius 3 is 2.31 bits per heavy atom. The zero-order valence-corrected chi connectivity index (χ0v) is 31.0. The minimum atomic E-state index is -0.195. The van der Waals surface area contributed by atoms with E-state index in [1.807, 2.05) is 23.7 Å². The highest BCUT2D eigenvalue weighted by atomic mass is 32.1. The summed E-state index contributed by atoms with van der Waals surface area (Å²) in [6.07, 6.45) is 8.15. The van der Waals surface area contributed by atoms with Crippen molar-refractivity contribution in [2.75, 3.05) is 45.3 Å². The molecule has 3 saturated heterocycles. The highest BCUT2D eigenvalue weighted by Crippen LogP contribution is 2.45. The maximum Gasteiger partial charge on any atom is 0.259 e. The Labute approximate surface area is 307 Å². The number of carbonyl (C=O) groups is 3. The molecule has 2 unspecified atom stereocenters. The van der Waals surface area contributed by atoms with Gasteiger partial charge in [-0.05, 0) is 111 Å². The Kier molecular flexibility index (Phi) is 9.19. The molecule has 11 heteroatoms. The van der Waals surface area contributed by atoms with Crippen LogP contribution in [0.4, 0.5) is 5.69 Å². The molecule has 10 nitrogen and oxygen atoms in total. The fourth-order valence-electron chi connectivity index (χ4n) is 8.96. The maximum atomic E-state index is 13.4. The normalized spacial score (nSPS) is 21.6. The highest BCUT2D eigenvalue weighted by molar-refractivity contribution is 7.17. The van der Waals surface area contributed by atoms with Crippen LogP contribution < -0.4 is 25.2 Å². The standard InChI is InChI=1S/C41H46N4O6S/c1-43-21-32(38-31(40(43)49)12-17-52-38)28-19-34(50-2)33(35(20-28)51-3)22-44-15-13-41(14-16-44)23-45(24-41)29-9-10-30-27(18-29)7-5-25(37(30)47)4-6-26-8-11-36(46)42-39(26)48/h9-10,12,17-21,25-26H,4-8,11,13-16,22-24H2,1-3H3,(H,42,46,48). The molecular weight excluding hydrogens is 677 g/mol. The minimum absolute atomic E-state index is 0.00211. The first-order chi connectivity index (χ1) is 25.1. The summed E-state index contributed by atoms with van der Waals surface area (Å²) in [5.74, 6) is 1.16. The molecule has 52 heavy (non-hydrogen) atoms. The van der Waals surface area contributed by atoms with Crippen molar-refractivity contribution in [3.8, 4) is 22.6 Å². The van der Waals surface area contributed by atoms with Gasteiger partial charge in [0.2, 0.25) is 11.8 Å². The lowest BCUT2D eigenvalue weighted by Crippen LogP contribution is -2.60. The van der Waals surface area contributed by atoms with Gasteiger partial charge in [-0.2, -0.15) is 0 Å². The van der Waals surface area contributed by atoms with Gasteiger partial charge in [0.1, 0.15) is 11.5 Å². The van der Waals surface area contributed by atoms with Gasteiger partial charge in [0.15, 0.2) is 5.78 Å². The van der Waals surface area contributed by atoms with Gasteiger partial charge in [0, 0.05) is 78.1 Å². The van der Waals surface area contributed by atoms with E-state index in [0.29, 0.717) is 31.1 Å². The highest BCUT2D eigenvalue weighted by Gasteiger charge is 2.45. The smallest absolute Gasteiger partial charge is 0.259 e. The molecule has 5 heterocycles. The van der Waals surface area contributed by atoms with Crippen molar-refractivity contribution in [2.24, 2.45) is 24.3 Å². The van der Waals surface area contributed by atoms with Crippen LogP contribution in [0.1, 0.15) is 66.4 Å². The molecule has 1 N–H and O–H groups in total. The molecule has 2 aromatic carbocycles. The number of aryl methyl sites for hydroxylation is 2. The van der Waals surface area contributed by atoms with Crippen LogP contribution in [0.3, 0.4) is 0 Å². The zero-order valence-electron chi connectivity index (χ0n) is 30.2. The molecule has 4 aromatic rings. The lowest BCUT2D eigenvalue weighted by molar-refractivity contribution is -0.136. The fraction of sp³-hybridized carbons (Fsp3) is 0.463. The lowest BCUT2D eigenvalue weighted by atomic mass is 9.71. The molecule has 1 aliphatic carbocycles. The minimum Gasteiger partial charge on any atom is -0.496 e. The van der Waals surface area contributed by atoms with Gasteiger partial charge in [0.25, 0.3) is 5.56 Å². The van der Waals surface area contributed by atoms with Crippen molar-refractivity contribution in [1.82, 2.24) is 14.8 Å². The molecule has 272 valence electrons. The second-order valence-electron chi connectivity index (χ2n) is 15.3. The van der Waals surface area contributed by atoms with E-state index in [-0.39, 0.29) is 35.0 Å². The van der Waals surface area contributed by atoms with Crippen molar-refractivity contribution in [2.45, 2.75) is 57.9 Å². The van der Waals surface area contributed by atoms with Crippen LogP contribution in [0.15, 0.2) is 52.8 Å². The van der Waals surface area contributed by atoms with Crippen LogP contribution in [0.2, 0.25) is 0 Å². The van der Waals surface area contributed by atoms with Crippen LogP contribution in [0, 0.1) is 17.3 Å². The predicted molar refractivity (Wildman–Crippen MR) is 202 cm³/mol. The number of thiophene rings is 1. The third kappa shape index (κ3) is 6.32. The van der Waals surface area contributed by atoms with Gasteiger partial charge in [-0.25, -0.2) is 0 Å². The topological polar surface area (TPSA) is 110 Å². The molecule has 4 aliphatic rings. The number of ether oxygens (including phenoxy) is 2. The summed E-state index contributed by atoms with van der Waals surface area (Å²) >= 11 is 1.57. The number of piperidine rings is 2. The third-order valence-electron chi connectivity index (χ3n) is 12.1. The molecule has 3 fully saturated rings. The van der Waals surface area contributed by atoms with E-state index in [0.717, 1.165) is 108 Å². The van der Waals surface area contributed by atoms with Crippen molar-refractivity contribution in [3.63, 3.8) is 0 Å². The van der Waals surface area contributed by atoms with E-state index >= 15 is 0 Å². The number of hydrogen-bond acceptors (Lipinski definition) is 9. The first-order valence-electron chi connectivity index (χ1n) is 18.5. The van der Waals surface area contributed by atoms with E-state index < -0.39 is 0 Å². The molecular formula is C41H46N4O6S. The quantitative estimate of drug-likeness (QED) is 0.211. The van der Waals surface area contributed by atoms with Crippen LogP contribution >= 0.6 is 11.3 Å². The van der Waals surface area contributed by atoms with Crippen molar-refractivity contribution < 1.29 is 23.9 Å². The van der Waals surface area contributed by atoms with E-state index in [2.05, 4.69) is 39.4 Å². The van der Waals surface area contributed by atoms with Crippen LogP contribution in [-0.2, 0) is 29.6 Å². The summed E-state index contributed by atoms with van der Waals surface area (Å²) in [7, 11) is 5.20. The molecule has 0 bridgehead atoms. The molecule has 2 atom stereocenters. The Balaban J connectivity index is 0.881. The summed E-state index contributed by atoms with van der Waals surface area (Å²) in [5.41, 5.74) is 6.47. The number of rotatable bonds is 9. The number of nitrogens with one attached hydrogen (secondary N) is 1. The number of carbonyl (C=O) groups excluding carboxylic acids is 3. The third-order valence-corrected chi connectivity index (χ3v) is 13.1. The maximum absolute atomic E-state index is 13.4. The van der Waals surface area contributed by atoms with Gasteiger partial charge >= 0.3 is 0 Å². The molecule has 0 radical (unpaired) electrons. The number of likely N-dealkylation sites (tertiary alicyclic amines) is 1. The van der Waals surface area contributed by atoms with E-state index in [1.54, 1.807) is 37.2 Å². The summed E-state index contributed by atoms with van der Waals surface area (Å²) in [4.78, 5) is 54.7. The Bertz CT molecular complexity index is 2100. The average molecular weight is 723 g/mol. The van der Waals surface area contributed by atoms with Gasteiger partial charge in [-0.1, -0.05) is 0 Å². The number of anilines is 1. The summed E-state index contributed by atoms with van der Waals surface area (Å²) in [6, 6.07) is 12.4. The summed E-state index contributed by atoms with van der Waals surface area (Å²) < 4.78 is 14.5. The average Bonchev–Trinajstić information content (AvgIpc) is 3.63. The second-order valence-corrected chi connectivity index (χ2v) is 16.2. The van der Waals surface area contributed by atoms with Gasteiger partial charge in [-0.3, -0.25) is 29.4 Å². The number of amides is 2. The number of pyridine rings is 1. The largest absolute Gasteiger partial charge is 0.496 e.